The first-order valence-corrected chi connectivity index (χ1v) is 10.3. The molecule has 2 heterocycles. The molecule has 6 nitrogen and oxygen atoms in total. The fraction of sp³-hybridized carbons (Fsp3) is 0.304. The summed E-state index contributed by atoms with van der Waals surface area (Å²) in [5.41, 5.74) is 3.30. The lowest BCUT2D eigenvalue weighted by molar-refractivity contribution is -0.141. The molecule has 1 N–H and O–H groups in total. The molecule has 0 saturated carbocycles. The second kappa shape index (κ2) is 9.13. The third kappa shape index (κ3) is 4.84. The highest BCUT2D eigenvalue weighted by molar-refractivity contribution is 5.94. The number of nitrogens with one attached hydrogen (secondary N) is 1. The molecule has 2 aromatic carbocycles. The van der Waals surface area contributed by atoms with Crippen LogP contribution in [0.5, 0.6) is 0 Å². The number of aromatic nitrogens is 2. The summed E-state index contributed by atoms with van der Waals surface area (Å²) in [7, 11) is 1.36. The molecule has 0 aliphatic carbocycles. The van der Waals surface area contributed by atoms with Crippen LogP contribution in [0.1, 0.15) is 33.2 Å². The Hall–Kier alpha value is -3.17. The largest absolute Gasteiger partial charge is 0.435 e. The minimum Gasteiger partial charge on any atom is -0.290 e. The van der Waals surface area contributed by atoms with Gasteiger partial charge in [0.1, 0.15) is 0 Å². The monoisotopic (exact) mass is 443 g/mol. The lowest BCUT2D eigenvalue weighted by atomic mass is 9.96. The van der Waals surface area contributed by atoms with Gasteiger partial charge < -0.3 is 0 Å². The maximum Gasteiger partial charge on any atom is 0.435 e. The van der Waals surface area contributed by atoms with Crippen LogP contribution >= 0.6 is 0 Å². The van der Waals surface area contributed by atoms with Gasteiger partial charge in [0.25, 0.3) is 5.91 Å². The van der Waals surface area contributed by atoms with Gasteiger partial charge in [-0.3, -0.25) is 19.8 Å². The number of rotatable bonds is 5. The first-order valence-electron chi connectivity index (χ1n) is 10.3. The molecule has 1 saturated heterocycles. The minimum atomic E-state index is -4.69. The average Bonchev–Trinajstić information content (AvgIpc) is 3.19. The van der Waals surface area contributed by atoms with Gasteiger partial charge in [-0.15, -0.1) is 0 Å². The maximum atomic E-state index is 13.2. The molecule has 0 radical (unpaired) electrons. The molecule has 168 valence electrons. The number of amides is 1. The number of piperazine rings is 1. The van der Waals surface area contributed by atoms with Crippen LogP contribution < -0.4 is 5.43 Å². The summed E-state index contributed by atoms with van der Waals surface area (Å²) < 4.78 is 40.6. The first kappa shape index (κ1) is 22.0. The third-order valence-electron chi connectivity index (χ3n) is 5.51. The maximum absolute atomic E-state index is 13.2. The zero-order valence-corrected chi connectivity index (χ0v) is 17.6. The van der Waals surface area contributed by atoms with Gasteiger partial charge in [0.05, 0.1) is 11.6 Å². The van der Waals surface area contributed by atoms with Crippen molar-refractivity contribution in [1.29, 1.82) is 0 Å². The van der Waals surface area contributed by atoms with E-state index in [1.807, 2.05) is 36.4 Å². The van der Waals surface area contributed by atoms with Crippen molar-refractivity contribution in [3.63, 3.8) is 0 Å². The quantitative estimate of drug-likeness (QED) is 0.656. The van der Waals surface area contributed by atoms with Crippen molar-refractivity contribution in [3.8, 4) is 0 Å². The minimum absolute atomic E-state index is 0.0606. The van der Waals surface area contributed by atoms with Crippen molar-refractivity contribution >= 4 is 5.91 Å². The van der Waals surface area contributed by atoms with Crippen LogP contribution in [0, 0.1) is 0 Å². The van der Waals surface area contributed by atoms with Crippen molar-refractivity contribution in [1.82, 2.24) is 25.1 Å². The number of hydrazine groups is 1. The van der Waals surface area contributed by atoms with Crippen LogP contribution in [0.4, 0.5) is 13.2 Å². The van der Waals surface area contributed by atoms with Crippen molar-refractivity contribution in [3.05, 3.63) is 89.2 Å². The molecule has 1 aliphatic heterocycles. The summed E-state index contributed by atoms with van der Waals surface area (Å²) in [4.78, 5) is 14.9. The average molecular weight is 443 g/mol. The van der Waals surface area contributed by atoms with Gasteiger partial charge in [0, 0.05) is 39.4 Å². The molecule has 0 spiro atoms. The third-order valence-corrected chi connectivity index (χ3v) is 5.51. The summed E-state index contributed by atoms with van der Waals surface area (Å²) in [6.07, 6.45) is -3.60. The van der Waals surface area contributed by atoms with Crippen molar-refractivity contribution in [2.45, 2.75) is 12.2 Å². The lowest BCUT2D eigenvalue weighted by Gasteiger charge is -2.39. The molecule has 1 amide bonds. The summed E-state index contributed by atoms with van der Waals surface area (Å²) in [5, 5.41) is 5.07. The number of benzene rings is 2. The van der Waals surface area contributed by atoms with E-state index in [0.29, 0.717) is 26.2 Å². The van der Waals surface area contributed by atoms with Gasteiger partial charge in [-0.2, -0.15) is 18.3 Å². The highest BCUT2D eigenvalue weighted by Crippen LogP contribution is 2.31. The Bertz CT molecular complexity index is 1000. The number of hydrogen-bond donors (Lipinski definition) is 1. The number of alkyl halides is 3. The molecule has 1 fully saturated rings. The molecule has 9 heteroatoms. The number of hydrogen-bond acceptors (Lipinski definition) is 4. The molecule has 0 atom stereocenters. The van der Waals surface area contributed by atoms with Crippen LogP contribution in [-0.2, 0) is 13.2 Å². The van der Waals surface area contributed by atoms with Crippen molar-refractivity contribution in [2.24, 2.45) is 7.05 Å². The number of carbonyl (C=O) groups is 1. The molecule has 3 aromatic rings. The second-order valence-electron chi connectivity index (χ2n) is 7.75. The zero-order chi connectivity index (χ0) is 22.7. The summed E-state index contributed by atoms with van der Waals surface area (Å²) in [5.74, 6) is -0.804. The Labute approximate surface area is 184 Å². The summed E-state index contributed by atoms with van der Waals surface area (Å²) in [6.45, 7) is 2.27. The Morgan fingerprint density at radius 2 is 1.47 bits per heavy atom. The lowest BCUT2D eigenvalue weighted by Crippen LogP contribution is -2.54. The fourth-order valence-corrected chi connectivity index (χ4v) is 4.04. The number of halogens is 3. The van der Waals surface area contributed by atoms with Crippen LogP contribution in [0.25, 0.3) is 0 Å². The Morgan fingerprint density at radius 3 is 1.97 bits per heavy atom. The van der Waals surface area contributed by atoms with Gasteiger partial charge in [-0.25, -0.2) is 5.01 Å². The molecular formula is C23H24F3N5O. The van der Waals surface area contributed by atoms with E-state index in [-0.39, 0.29) is 6.04 Å². The van der Waals surface area contributed by atoms with Crippen LogP contribution in [-0.4, -0.2) is 51.8 Å². The van der Waals surface area contributed by atoms with Gasteiger partial charge in [0.15, 0.2) is 5.69 Å². The topological polar surface area (TPSA) is 53.4 Å². The van der Waals surface area contributed by atoms with E-state index in [1.54, 1.807) is 5.01 Å². The van der Waals surface area contributed by atoms with Crippen LogP contribution in [0.3, 0.4) is 0 Å². The fourth-order valence-electron chi connectivity index (χ4n) is 4.04. The molecule has 32 heavy (non-hydrogen) atoms. The zero-order valence-electron chi connectivity index (χ0n) is 17.6. The number of aryl methyl sites for hydroxylation is 1. The van der Waals surface area contributed by atoms with E-state index in [1.165, 1.54) is 18.2 Å². The molecule has 4 rings (SSSR count). The van der Waals surface area contributed by atoms with E-state index in [4.69, 9.17) is 0 Å². The van der Waals surface area contributed by atoms with Crippen LogP contribution in [0.15, 0.2) is 66.9 Å². The van der Waals surface area contributed by atoms with E-state index in [0.717, 1.165) is 10.9 Å². The highest BCUT2D eigenvalue weighted by Gasteiger charge is 2.39. The van der Waals surface area contributed by atoms with Crippen molar-refractivity contribution < 1.29 is 18.0 Å². The van der Waals surface area contributed by atoms with Crippen molar-refractivity contribution in [2.75, 3.05) is 26.2 Å². The first-order chi connectivity index (χ1) is 15.3. The Balaban J connectivity index is 1.45. The van der Waals surface area contributed by atoms with Gasteiger partial charge in [0.2, 0.25) is 0 Å². The Morgan fingerprint density at radius 1 is 0.938 bits per heavy atom. The molecule has 0 bridgehead atoms. The molecule has 0 unspecified atom stereocenters. The summed E-state index contributed by atoms with van der Waals surface area (Å²) >= 11 is 0. The normalized spacial score (nSPS) is 15.8. The number of nitrogens with zero attached hydrogens (tertiary/aromatic N) is 4. The SMILES string of the molecule is Cn1cc(C(=O)NN2CCN(C(c3ccccc3)c3ccccc3)CC2)c(C(F)(F)F)n1. The van der Waals surface area contributed by atoms with E-state index in [9.17, 15) is 18.0 Å². The van der Waals surface area contributed by atoms with E-state index >= 15 is 0 Å². The molecule has 1 aromatic heterocycles. The predicted molar refractivity (Wildman–Crippen MR) is 114 cm³/mol. The standard InChI is InChI=1S/C23H24F3N5O/c1-29-16-19(21(27-29)23(24,25)26)22(32)28-31-14-12-30(13-15-31)20(17-8-4-2-5-9-17)18-10-6-3-7-11-18/h2-11,16,20H,12-15H2,1H3,(H,28,32). The summed E-state index contributed by atoms with van der Waals surface area (Å²) in [6, 6.07) is 20.4. The number of carbonyl (C=O) groups excluding carboxylic acids is 1. The predicted octanol–water partition coefficient (Wildman–Crippen LogP) is 3.49. The molecule has 1 aliphatic rings. The Kier molecular flexibility index (Phi) is 6.29. The highest BCUT2D eigenvalue weighted by atomic mass is 19.4. The van der Waals surface area contributed by atoms with E-state index < -0.39 is 23.3 Å². The van der Waals surface area contributed by atoms with Gasteiger partial charge in [-0.1, -0.05) is 60.7 Å². The smallest absolute Gasteiger partial charge is 0.290 e. The van der Waals surface area contributed by atoms with Crippen LogP contribution in [0.2, 0.25) is 0 Å². The van der Waals surface area contributed by atoms with E-state index in [2.05, 4.69) is 39.7 Å². The van der Waals surface area contributed by atoms with Gasteiger partial charge in [-0.05, 0) is 11.1 Å². The second-order valence-corrected chi connectivity index (χ2v) is 7.75. The molecular weight excluding hydrogens is 419 g/mol. The van der Waals surface area contributed by atoms with Gasteiger partial charge >= 0.3 is 6.18 Å².